The lowest BCUT2D eigenvalue weighted by Gasteiger charge is -2.15. The Morgan fingerprint density at radius 1 is 1.19 bits per heavy atom. The van der Waals surface area contributed by atoms with Gasteiger partial charge in [0.05, 0.1) is 23.6 Å². The molecule has 1 aromatic heterocycles. The summed E-state index contributed by atoms with van der Waals surface area (Å²) in [6, 6.07) is 4.83. The molecular formula is C18H20F3N3O2S. The van der Waals surface area contributed by atoms with E-state index in [0.29, 0.717) is 18.2 Å². The Balaban J connectivity index is 2.11. The van der Waals surface area contributed by atoms with Crippen LogP contribution in [-0.4, -0.2) is 28.2 Å². The van der Waals surface area contributed by atoms with E-state index in [2.05, 4.69) is 15.3 Å². The van der Waals surface area contributed by atoms with Crippen molar-refractivity contribution in [3.05, 3.63) is 41.2 Å². The van der Waals surface area contributed by atoms with Crippen molar-refractivity contribution in [3.63, 3.8) is 0 Å². The summed E-state index contributed by atoms with van der Waals surface area (Å²) < 4.78 is 44.3. The summed E-state index contributed by atoms with van der Waals surface area (Å²) in [5, 5.41) is 2.93. The van der Waals surface area contributed by atoms with Gasteiger partial charge in [-0.15, -0.1) is 0 Å². The third kappa shape index (κ3) is 6.42. The standard InChI is InChI=1S/C18H20F3N3O2S/c1-4-7-26-15-6-5-13(18(19,20)21)9-14(15)24-16(25)10-27-17-22-11(2)8-12(3)23-17/h5-6,8-9H,4,7,10H2,1-3H3,(H,24,25). The third-order valence-corrected chi connectivity index (χ3v) is 4.18. The average molecular weight is 399 g/mol. The largest absolute Gasteiger partial charge is 0.491 e. The Kier molecular flexibility index (Phi) is 7.06. The molecule has 0 aliphatic rings. The van der Waals surface area contributed by atoms with Crippen LogP contribution >= 0.6 is 11.8 Å². The van der Waals surface area contributed by atoms with E-state index >= 15 is 0 Å². The molecule has 0 spiro atoms. The van der Waals surface area contributed by atoms with Gasteiger partial charge in [0.25, 0.3) is 0 Å². The number of hydrogen-bond donors (Lipinski definition) is 1. The molecule has 0 unspecified atom stereocenters. The van der Waals surface area contributed by atoms with Crippen LogP contribution in [0.3, 0.4) is 0 Å². The fraction of sp³-hybridized carbons (Fsp3) is 0.389. The van der Waals surface area contributed by atoms with Gasteiger partial charge in [-0.2, -0.15) is 13.2 Å². The quantitative estimate of drug-likeness (QED) is 0.543. The molecule has 0 saturated carbocycles. The number of thioether (sulfide) groups is 1. The van der Waals surface area contributed by atoms with Gasteiger partial charge in [0, 0.05) is 11.4 Å². The van der Waals surface area contributed by atoms with Crippen LogP contribution in [0, 0.1) is 13.8 Å². The minimum atomic E-state index is -4.51. The lowest BCUT2D eigenvalue weighted by Crippen LogP contribution is -2.16. The number of alkyl halides is 3. The fourth-order valence-electron chi connectivity index (χ4n) is 2.22. The van der Waals surface area contributed by atoms with E-state index in [1.54, 1.807) is 0 Å². The number of rotatable bonds is 7. The van der Waals surface area contributed by atoms with E-state index in [0.717, 1.165) is 35.3 Å². The number of carbonyl (C=O) groups is 1. The molecule has 1 N–H and O–H groups in total. The molecule has 0 aliphatic heterocycles. The number of anilines is 1. The number of halogens is 3. The van der Waals surface area contributed by atoms with Crippen molar-refractivity contribution in [1.29, 1.82) is 0 Å². The molecule has 0 aliphatic carbocycles. The molecule has 1 heterocycles. The van der Waals surface area contributed by atoms with Gasteiger partial charge < -0.3 is 10.1 Å². The number of hydrogen-bond acceptors (Lipinski definition) is 5. The molecule has 2 aromatic rings. The van der Waals surface area contributed by atoms with Crippen LogP contribution in [0.1, 0.15) is 30.3 Å². The number of nitrogens with zero attached hydrogens (tertiary/aromatic N) is 2. The van der Waals surface area contributed by atoms with Crippen molar-refractivity contribution in [3.8, 4) is 5.75 Å². The van der Waals surface area contributed by atoms with E-state index in [1.807, 2.05) is 26.8 Å². The number of benzene rings is 1. The van der Waals surface area contributed by atoms with E-state index in [9.17, 15) is 18.0 Å². The summed E-state index contributed by atoms with van der Waals surface area (Å²) in [4.78, 5) is 20.7. The Morgan fingerprint density at radius 3 is 2.44 bits per heavy atom. The number of nitrogens with one attached hydrogen (secondary N) is 1. The molecule has 9 heteroatoms. The first-order valence-electron chi connectivity index (χ1n) is 8.28. The number of amides is 1. The van der Waals surface area contributed by atoms with Crippen LogP contribution in [0.4, 0.5) is 18.9 Å². The first-order valence-corrected chi connectivity index (χ1v) is 9.26. The molecule has 2 rings (SSSR count). The first kappa shape index (κ1) is 21.0. The van der Waals surface area contributed by atoms with Crippen LogP contribution in [-0.2, 0) is 11.0 Å². The Labute approximate surface area is 159 Å². The summed E-state index contributed by atoms with van der Waals surface area (Å²) in [7, 11) is 0. The van der Waals surface area contributed by atoms with Crippen LogP contribution in [0.15, 0.2) is 29.4 Å². The van der Waals surface area contributed by atoms with Crippen molar-refractivity contribution < 1.29 is 22.7 Å². The molecule has 146 valence electrons. The van der Waals surface area contributed by atoms with Crippen molar-refractivity contribution in [2.24, 2.45) is 0 Å². The lowest BCUT2D eigenvalue weighted by atomic mass is 10.1. The molecule has 0 saturated heterocycles. The minimum absolute atomic E-state index is 0.00906. The van der Waals surface area contributed by atoms with E-state index < -0.39 is 17.6 Å². The van der Waals surface area contributed by atoms with Crippen LogP contribution in [0.5, 0.6) is 5.75 Å². The number of aromatic nitrogens is 2. The lowest BCUT2D eigenvalue weighted by molar-refractivity contribution is -0.137. The van der Waals surface area contributed by atoms with E-state index in [1.165, 1.54) is 6.07 Å². The fourth-order valence-corrected chi connectivity index (χ4v) is 2.97. The predicted molar refractivity (Wildman–Crippen MR) is 98.1 cm³/mol. The molecule has 27 heavy (non-hydrogen) atoms. The predicted octanol–water partition coefficient (Wildman–Crippen LogP) is 4.63. The van der Waals surface area contributed by atoms with E-state index in [-0.39, 0.29) is 17.2 Å². The Morgan fingerprint density at radius 2 is 1.85 bits per heavy atom. The molecule has 0 fully saturated rings. The normalized spacial score (nSPS) is 11.3. The second-order valence-electron chi connectivity index (χ2n) is 5.83. The topological polar surface area (TPSA) is 64.1 Å². The van der Waals surface area contributed by atoms with Gasteiger partial charge in [0.15, 0.2) is 5.16 Å². The molecular weight excluding hydrogens is 379 g/mol. The molecule has 1 amide bonds. The minimum Gasteiger partial charge on any atom is -0.491 e. The van der Waals surface area contributed by atoms with Gasteiger partial charge in [0.1, 0.15) is 5.75 Å². The zero-order chi connectivity index (χ0) is 20.0. The Hall–Kier alpha value is -2.29. The Bertz CT molecular complexity index is 793. The van der Waals surface area contributed by atoms with Gasteiger partial charge in [0.2, 0.25) is 5.91 Å². The van der Waals surface area contributed by atoms with Crippen molar-refractivity contribution in [2.75, 3.05) is 17.7 Å². The zero-order valence-corrected chi connectivity index (χ0v) is 16.0. The maximum absolute atomic E-state index is 13.0. The highest BCUT2D eigenvalue weighted by molar-refractivity contribution is 7.99. The zero-order valence-electron chi connectivity index (χ0n) is 15.2. The molecule has 0 atom stereocenters. The van der Waals surface area contributed by atoms with Crippen molar-refractivity contribution in [2.45, 2.75) is 38.5 Å². The summed E-state index contributed by atoms with van der Waals surface area (Å²) >= 11 is 1.11. The van der Waals surface area contributed by atoms with Gasteiger partial charge in [-0.25, -0.2) is 9.97 Å². The van der Waals surface area contributed by atoms with Crippen LogP contribution in [0.2, 0.25) is 0 Å². The summed E-state index contributed by atoms with van der Waals surface area (Å²) in [5.74, 6) is -0.305. The first-order chi connectivity index (χ1) is 12.7. The second-order valence-corrected chi connectivity index (χ2v) is 6.77. The van der Waals surface area contributed by atoms with Gasteiger partial charge >= 0.3 is 6.18 Å². The average Bonchev–Trinajstić information content (AvgIpc) is 2.57. The summed E-state index contributed by atoms with van der Waals surface area (Å²) in [5.41, 5.74) is 0.689. The number of aryl methyl sites for hydroxylation is 2. The van der Waals surface area contributed by atoms with Gasteiger partial charge in [-0.1, -0.05) is 18.7 Å². The number of ether oxygens (including phenoxy) is 1. The van der Waals surface area contributed by atoms with E-state index in [4.69, 9.17) is 4.74 Å². The van der Waals surface area contributed by atoms with Crippen LogP contribution < -0.4 is 10.1 Å². The molecule has 0 bridgehead atoms. The highest BCUT2D eigenvalue weighted by atomic mass is 32.2. The highest BCUT2D eigenvalue weighted by Gasteiger charge is 2.31. The monoisotopic (exact) mass is 399 g/mol. The molecule has 1 aromatic carbocycles. The second kappa shape index (κ2) is 9.07. The SMILES string of the molecule is CCCOc1ccc(C(F)(F)F)cc1NC(=O)CSc1nc(C)cc(C)n1. The smallest absolute Gasteiger partial charge is 0.416 e. The highest BCUT2D eigenvalue weighted by Crippen LogP contribution is 2.35. The molecule has 5 nitrogen and oxygen atoms in total. The number of carbonyl (C=O) groups excluding carboxylic acids is 1. The van der Waals surface area contributed by atoms with Gasteiger partial charge in [-0.3, -0.25) is 4.79 Å². The molecule has 0 radical (unpaired) electrons. The van der Waals surface area contributed by atoms with Crippen molar-refractivity contribution >= 4 is 23.4 Å². The van der Waals surface area contributed by atoms with Crippen LogP contribution in [0.25, 0.3) is 0 Å². The maximum atomic E-state index is 13.0. The third-order valence-electron chi connectivity index (χ3n) is 3.34. The van der Waals surface area contributed by atoms with Gasteiger partial charge in [-0.05, 0) is 44.5 Å². The van der Waals surface area contributed by atoms with Crippen molar-refractivity contribution in [1.82, 2.24) is 9.97 Å². The maximum Gasteiger partial charge on any atom is 0.416 e. The summed E-state index contributed by atoms with van der Waals surface area (Å²) in [6.07, 6.45) is -3.82. The summed E-state index contributed by atoms with van der Waals surface area (Å²) in [6.45, 7) is 5.85.